The molecule has 2 N–H and O–H groups in total. The van der Waals surface area contributed by atoms with Gasteiger partial charge in [0.05, 0.1) is 0 Å². The van der Waals surface area contributed by atoms with Crippen LogP contribution in [-0.4, -0.2) is 33.6 Å². The number of aryl methyl sites for hydroxylation is 1. The van der Waals surface area contributed by atoms with Crippen molar-refractivity contribution in [3.63, 3.8) is 0 Å². The molecule has 9 nitrogen and oxygen atoms in total. The Labute approximate surface area is 166 Å². The number of aromatic nitrogens is 4. The van der Waals surface area contributed by atoms with Gasteiger partial charge < -0.3 is 4.57 Å². The van der Waals surface area contributed by atoms with Gasteiger partial charge in [0.25, 0.3) is 15.6 Å². The van der Waals surface area contributed by atoms with Gasteiger partial charge in [0.1, 0.15) is 0 Å². The number of H-pyrrole nitrogens is 1. The highest BCUT2D eigenvalue weighted by Crippen LogP contribution is 2.29. The fraction of sp³-hybridized carbons (Fsp3) is 0.471. The lowest BCUT2D eigenvalue weighted by atomic mass is 9.95. The van der Waals surface area contributed by atoms with E-state index in [0.717, 1.165) is 10.1 Å². The van der Waals surface area contributed by atoms with Crippen LogP contribution in [0.25, 0.3) is 11.2 Å². The lowest BCUT2D eigenvalue weighted by molar-refractivity contribution is 0.545. The highest BCUT2D eigenvalue weighted by Gasteiger charge is 2.28. The minimum absolute atomic E-state index is 0.0101. The topological polar surface area (TPSA) is 119 Å². The zero-order chi connectivity index (χ0) is 20.8. The second-order valence-electron chi connectivity index (χ2n) is 7.23. The third kappa shape index (κ3) is 3.71. The van der Waals surface area contributed by atoms with Gasteiger partial charge >= 0.3 is 5.69 Å². The molecule has 0 unspecified atom stereocenters. The van der Waals surface area contributed by atoms with Crippen molar-refractivity contribution in [2.45, 2.75) is 44.9 Å². The highest BCUT2D eigenvalue weighted by molar-refractivity contribution is 7.89. The smallest absolute Gasteiger partial charge is 0.304 e. The summed E-state index contributed by atoms with van der Waals surface area (Å²) >= 11 is 6.13. The number of aromatic amines is 1. The molecule has 152 valence electrons. The van der Waals surface area contributed by atoms with Crippen LogP contribution in [0, 0.1) is 5.92 Å². The van der Waals surface area contributed by atoms with Crippen molar-refractivity contribution in [2.75, 3.05) is 0 Å². The van der Waals surface area contributed by atoms with Crippen LogP contribution in [-0.2, 0) is 23.6 Å². The largest absolute Gasteiger partial charge is 0.329 e. The van der Waals surface area contributed by atoms with E-state index in [1.54, 1.807) is 19.9 Å². The Morgan fingerprint density at radius 1 is 1.36 bits per heavy atom. The predicted molar refractivity (Wildman–Crippen MR) is 107 cm³/mol. The summed E-state index contributed by atoms with van der Waals surface area (Å²) in [5, 5.41) is 0.408. The second-order valence-corrected chi connectivity index (χ2v) is 9.27. The maximum Gasteiger partial charge on any atom is 0.329 e. The number of sulfonamides is 1. The van der Waals surface area contributed by atoms with Gasteiger partial charge in [-0.1, -0.05) is 24.6 Å². The number of imidazole rings is 1. The van der Waals surface area contributed by atoms with Crippen molar-refractivity contribution in [2.24, 2.45) is 13.0 Å². The second kappa shape index (κ2) is 7.34. The van der Waals surface area contributed by atoms with Crippen molar-refractivity contribution in [1.29, 1.82) is 0 Å². The molecule has 11 heteroatoms. The molecule has 0 fully saturated rings. The lowest BCUT2D eigenvalue weighted by Gasteiger charge is -2.19. The molecule has 0 saturated carbocycles. The van der Waals surface area contributed by atoms with Crippen molar-refractivity contribution >= 4 is 32.8 Å². The molecule has 2 aromatic heterocycles. The zero-order valence-corrected chi connectivity index (χ0v) is 17.6. The fourth-order valence-corrected chi connectivity index (χ4v) is 4.69. The molecule has 1 aliphatic carbocycles. The molecule has 0 radical (unpaired) electrons. The van der Waals surface area contributed by atoms with E-state index in [9.17, 15) is 18.0 Å². The average Bonchev–Trinajstić information content (AvgIpc) is 2.96. The molecule has 2 heterocycles. The molecule has 0 spiro atoms. The van der Waals surface area contributed by atoms with Gasteiger partial charge in [-0.2, -0.15) is 4.98 Å². The minimum Gasteiger partial charge on any atom is -0.304 e. The van der Waals surface area contributed by atoms with E-state index in [1.807, 2.05) is 13.0 Å². The van der Waals surface area contributed by atoms with Crippen LogP contribution < -0.4 is 16.0 Å². The van der Waals surface area contributed by atoms with Gasteiger partial charge in [0.2, 0.25) is 5.16 Å². The fourth-order valence-electron chi connectivity index (χ4n) is 3.17. The summed E-state index contributed by atoms with van der Waals surface area (Å²) in [6.45, 7) is 5.47. The van der Waals surface area contributed by atoms with Crippen LogP contribution >= 0.6 is 11.6 Å². The van der Waals surface area contributed by atoms with E-state index in [4.69, 9.17) is 11.6 Å². The van der Waals surface area contributed by atoms with E-state index in [0.29, 0.717) is 11.5 Å². The Morgan fingerprint density at radius 2 is 2.04 bits per heavy atom. The molecule has 0 saturated heterocycles. The first-order chi connectivity index (χ1) is 13.0. The Kier molecular flexibility index (Phi) is 5.39. The van der Waals surface area contributed by atoms with Crippen molar-refractivity contribution in [3.8, 4) is 0 Å². The number of halogens is 1. The Morgan fingerprint density at radius 3 is 2.64 bits per heavy atom. The summed E-state index contributed by atoms with van der Waals surface area (Å²) in [6, 6.07) is -0.365. The van der Waals surface area contributed by atoms with Gasteiger partial charge in [0, 0.05) is 24.7 Å². The number of hydrogen-bond donors (Lipinski definition) is 2. The number of nitrogens with one attached hydrogen (secondary N) is 2. The molecule has 2 aromatic rings. The number of allylic oxidation sites excluding steroid dienone is 4. The molecule has 28 heavy (non-hydrogen) atoms. The zero-order valence-electron chi connectivity index (χ0n) is 16.0. The first-order valence-corrected chi connectivity index (χ1v) is 10.6. The molecule has 1 aliphatic rings. The van der Waals surface area contributed by atoms with E-state index >= 15 is 0 Å². The lowest BCUT2D eigenvalue weighted by Crippen LogP contribution is -2.33. The maximum atomic E-state index is 12.9. The van der Waals surface area contributed by atoms with Crippen LogP contribution in [0.2, 0.25) is 0 Å². The summed E-state index contributed by atoms with van der Waals surface area (Å²) in [7, 11) is -2.58. The number of nitrogens with zero attached hydrogens (tertiary/aromatic N) is 3. The summed E-state index contributed by atoms with van der Waals surface area (Å²) in [5.74, 6) is 0.0907. The third-order valence-electron chi connectivity index (χ3n) is 4.48. The van der Waals surface area contributed by atoms with E-state index in [1.165, 1.54) is 11.6 Å². The standard InChI is InChI=1S/C17H22ClN5O4S/c1-9(2)21-28(26,27)17-19-14-13(15(24)20-16(25)22(14)4)23(17)8-11-5-6-12(18)10(3)7-11/h5-6,9-10,21H,7-8H2,1-4H3,(H,20,24,25)/t10-/m0/s1. The Hall–Kier alpha value is -2.17. The first-order valence-electron chi connectivity index (χ1n) is 8.78. The number of hydrogen-bond acceptors (Lipinski definition) is 5. The molecule has 3 rings (SSSR count). The van der Waals surface area contributed by atoms with E-state index in [-0.39, 0.29) is 34.8 Å². The highest BCUT2D eigenvalue weighted by atomic mass is 35.5. The average molecular weight is 428 g/mol. The maximum absolute atomic E-state index is 12.9. The van der Waals surface area contributed by atoms with Crippen molar-refractivity contribution in [3.05, 3.63) is 43.6 Å². The molecular formula is C17H22ClN5O4S. The minimum atomic E-state index is -4.01. The summed E-state index contributed by atoms with van der Waals surface area (Å²) in [5.41, 5.74) is -0.417. The number of rotatable bonds is 5. The van der Waals surface area contributed by atoms with Crippen LogP contribution in [0.4, 0.5) is 0 Å². The molecule has 0 aromatic carbocycles. The first kappa shape index (κ1) is 20.6. The van der Waals surface area contributed by atoms with Gasteiger partial charge in [-0.25, -0.2) is 17.9 Å². The monoisotopic (exact) mass is 427 g/mol. The molecule has 0 amide bonds. The number of fused-ring (bicyclic) bond motifs is 1. The van der Waals surface area contributed by atoms with Crippen molar-refractivity contribution in [1.82, 2.24) is 23.8 Å². The molecule has 1 atom stereocenters. The van der Waals surface area contributed by atoms with Gasteiger partial charge in [0.15, 0.2) is 11.2 Å². The van der Waals surface area contributed by atoms with E-state index < -0.39 is 21.3 Å². The summed E-state index contributed by atoms with van der Waals surface area (Å²) < 4.78 is 30.6. The van der Waals surface area contributed by atoms with Gasteiger partial charge in [-0.15, -0.1) is 0 Å². The van der Waals surface area contributed by atoms with Gasteiger partial charge in [-0.05, 0) is 37.8 Å². The Bertz CT molecular complexity index is 1220. The van der Waals surface area contributed by atoms with Crippen LogP contribution in [0.5, 0.6) is 0 Å². The Balaban J connectivity index is 2.27. The van der Waals surface area contributed by atoms with Crippen LogP contribution in [0.1, 0.15) is 27.2 Å². The predicted octanol–water partition coefficient (Wildman–Crippen LogP) is 1.20. The molecule has 0 aliphatic heterocycles. The quantitative estimate of drug-likeness (QED) is 0.743. The summed E-state index contributed by atoms with van der Waals surface area (Å²) in [6.07, 6.45) is 4.21. The molecular weight excluding hydrogens is 406 g/mol. The van der Waals surface area contributed by atoms with Crippen LogP contribution in [0.3, 0.4) is 0 Å². The normalized spacial score (nSPS) is 17.9. The van der Waals surface area contributed by atoms with Crippen LogP contribution in [0.15, 0.2) is 37.5 Å². The molecule has 0 bridgehead atoms. The van der Waals surface area contributed by atoms with Gasteiger partial charge in [-0.3, -0.25) is 14.3 Å². The summed E-state index contributed by atoms with van der Waals surface area (Å²) in [4.78, 5) is 30.8. The third-order valence-corrected chi connectivity index (χ3v) is 6.55. The van der Waals surface area contributed by atoms with Crippen molar-refractivity contribution < 1.29 is 8.42 Å². The SMILES string of the molecule is CC(C)NS(=O)(=O)c1nc2c(c(=O)[nH]c(=O)n2C)n1CC1=CC=C(Cl)[C@@H](C)C1. The van der Waals surface area contributed by atoms with E-state index in [2.05, 4.69) is 14.7 Å².